The molecule has 94 valence electrons. The standard InChI is InChI=1S/C13H21N3O/c1-4-5-12-10(2)16(13(17)14-12)11-6-8-15(3)9-7-11/h4-5,11H,6-9H2,1-3H3,(H,14,17)/b5-4-. The highest BCUT2D eigenvalue weighted by Crippen LogP contribution is 2.22. The van der Waals surface area contributed by atoms with Crippen molar-refractivity contribution >= 4 is 6.08 Å². The number of aromatic amines is 1. The van der Waals surface area contributed by atoms with Gasteiger partial charge in [-0.25, -0.2) is 4.79 Å². The fourth-order valence-electron chi connectivity index (χ4n) is 2.57. The number of piperidine rings is 1. The summed E-state index contributed by atoms with van der Waals surface area (Å²) in [6, 6.07) is 0.356. The van der Waals surface area contributed by atoms with Crippen LogP contribution in [0.4, 0.5) is 0 Å². The summed E-state index contributed by atoms with van der Waals surface area (Å²) in [6.45, 7) is 6.12. The van der Waals surface area contributed by atoms with Crippen molar-refractivity contribution < 1.29 is 0 Å². The molecule has 0 atom stereocenters. The molecule has 0 aliphatic carbocycles. The Bertz CT molecular complexity index is 461. The molecule has 1 aliphatic rings. The maximum atomic E-state index is 12.0. The normalized spacial score (nSPS) is 19.2. The first-order chi connectivity index (χ1) is 8.13. The molecule has 2 rings (SSSR count). The molecule has 4 nitrogen and oxygen atoms in total. The maximum absolute atomic E-state index is 12.0. The van der Waals surface area contributed by atoms with Gasteiger partial charge >= 0.3 is 5.69 Å². The molecule has 0 bridgehead atoms. The zero-order valence-corrected chi connectivity index (χ0v) is 10.9. The fraction of sp³-hybridized carbons (Fsp3) is 0.615. The molecule has 0 amide bonds. The number of likely N-dealkylation sites (tertiary alicyclic amines) is 1. The highest BCUT2D eigenvalue weighted by molar-refractivity contribution is 5.46. The van der Waals surface area contributed by atoms with E-state index in [0.717, 1.165) is 37.3 Å². The summed E-state index contributed by atoms with van der Waals surface area (Å²) in [5.74, 6) is 0. The van der Waals surface area contributed by atoms with Crippen LogP contribution in [0, 0.1) is 6.92 Å². The van der Waals surface area contributed by atoms with Crippen LogP contribution in [-0.2, 0) is 0 Å². The monoisotopic (exact) mass is 235 g/mol. The Labute approximate surface area is 102 Å². The van der Waals surface area contributed by atoms with Gasteiger partial charge in [0.15, 0.2) is 0 Å². The predicted molar refractivity (Wildman–Crippen MR) is 70.3 cm³/mol. The lowest BCUT2D eigenvalue weighted by Crippen LogP contribution is -2.35. The lowest BCUT2D eigenvalue weighted by molar-refractivity contribution is 0.217. The van der Waals surface area contributed by atoms with Gasteiger partial charge in [-0.15, -0.1) is 0 Å². The largest absolute Gasteiger partial charge is 0.326 e. The number of H-pyrrole nitrogens is 1. The molecule has 4 heteroatoms. The van der Waals surface area contributed by atoms with E-state index in [0.29, 0.717) is 6.04 Å². The van der Waals surface area contributed by atoms with Crippen LogP contribution in [0.3, 0.4) is 0 Å². The van der Waals surface area contributed by atoms with Crippen molar-refractivity contribution in [3.8, 4) is 0 Å². The zero-order valence-electron chi connectivity index (χ0n) is 10.9. The number of nitrogens with zero attached hydrogens (tertiary/aromatic N) is 2. The Kier molecular flexibility index (Phi) is 3.52. The number of allylic oxidation sites excluding steroid dienone is 1. The van der Waals surface area contributed by atoms with Gasteiger partial charge in [-0.2, -0.15) is 0 Å². The van der Waals surface area contributed by atoms with Crippen LogP contribution in [0.25, 0.3) is 6.08 Å². The zero-order chi connectivity index (χ0) is 12.4. The maximum Gasteiger partial charge on any atom is 0.326 e. The van der Waals surface area contributed by atoms with E-state index >= 15 is 0 Å². The van der Waals surface area contributed by atoms with Gasteiger partial charge in [-0.1, -0.05) is 6.08 Å². The minimum atomic E-state index is 0.0325. The summed E-state index contributed by atoms with van der Waals surface area (Å²) in [4.78, 5) is 17.2. The Morgan fingerprint density at radius 3 is 2.59 bits per heavy atom. The number of imidazole rings is 1. The van der Waals surface area contributed by atoms with E-state index in [9.17, 15) is 4.79 Å². The number of nitrogens with one attached hydrogen (secondary N) is 1. The quantitative estimate of drug-likeness (QED) is 0.849. The second kappa shape index (κ2) is 4.92. The van der Waals surface area contributed by atoms with Crippen LogP contribution in [0.15, 0.2) is 10.9 Å². The van der Waals surface area contributed by atoms with Crippen molar-refractivity contribution in [2.45, 2.75) is 32.7 Å². The van der Waals surface area contributed by atoms with E-state index in [4.69, 9.17) is 0 Å². The van der Waals surface area contributed by atoms with Gasteiger partial charge in [0.2, 0.25) is 0 Å². The molecule has 1 aromatic heterocycles. The molecular formula is C13H21N3O. The number of hydrogen-bond acceptors (Lipinski definition) is 2. The molecule has 2 heterocycles. The SMILES string of the molecule is C/C=C\c1[nH]c(=O)n(C2CCN(C)CC2)c1C. The molecule has 0 unspecified atom stereocenters. The lowest BCUT2D eigenvalue weighted by Gasteiger charge is -2.29. The highest BCUT2D eigenvalue weighted by Gasteiger charge is 2.22. The molecule has 1 N–H and O–H groups in total. The summed E-state index contributed by atoms with van der Waals surface area (Å²) in [5, 5.41) is 0. The van der Waals surface area contributed by atoms with Crippen LogP contribution in [-0.4, -0.2) is 34.6 Å². The van der Waals surface area contributed by atoms with Crippen LogP contribution < -0.4 is 5.69 Å². The van der Waals surface area contributed by atoms with Gasteiger partial charge in [0.1, 0.15) is 0 Å². The Hall–Kier alpha value is -1.29. The second-order valence-electron chi connectivity index (χ2n) is 4.83. The van der Waals surface area contributed by atoms with Crippen molar-refractivity contribution in [1.82, 2.24) is 14.5 Å². The molecule has 1 aliphatic heterocycles. The molecule has 0 saturated carbocycles. The van der Waals surface area contributed by atoms with Crippen molar-refractivity contribution in [2.75, 3.05) is 20.1 Å². The Morgan fingerprint density at radius 1 is 1.35 bits per heavy atom. The van der Waals surface area contributed by atoms with Crippen LogP contribution in [0.1, 0.15) is 37.2 Å². The molecule has 17 heavy (non-hydrogen) atoms. The first-order valence-electron chi connectivity index (χ1n) is 6.26. The van der Waals surface area contributed by atoms with Crippen molar-refractivity contribution in [3.63, 3.8) is 0 Å². The number of rotatable bonds is 2. The summed E-state index contributed by atoms with van der Waals surface area (Å²) >= 11 is 0. The molecule has 0 radical (unpaired) electrons. The van der Waals surface area contributed by atoms with Crippen molar-refractivity contribution in [2.24, 2.45) is 0 Å². The third kappa shape index (κ3) is 2.36. The molecular weight excluding hydrogens is 214 g/mol. The molecule has 1 saturated heterocycles. The summed E-state index contributed by atoms with van der Waals surface area (Å²) in [7, 11) is 2.13. The minimum absolute atomic E-state index is 0.0325. The van der Waals surface area contributed by atoms with Gasteiger partial charge in [0.25, 0.3) is 0 Å². The van der Waals surface area contributed by atoms with E-state index in [2.05, 4.69) is 16.9 Å². The van der Waals surface area contributed by atoms with Gasteiger partial charge in [-0.3, -0.25) is 4.57 Å². The minimum Gasteiger partial charge on any atom is -0.306 e. The van der Waals surface area contributed by atoms with Crippen LogP contribution >= 0.6 is 0 Å². The smallest absolute Gasteiger partial charge is 0.306 e. The second-order valence-corrected chi connectivity index (χ2v) is 4.83. The number of aromatic nitrogens is 2. The van der Waals surface area contributed by atoms with Crippen molar-refractivity contribution in [1.29, 1.82) is 0 Å². The molecule has 1 aromatic rings. The highest BCUT2D eigenvalue weighted by atomic mass is 16.1. The van der Waals surface area contributed by atoms with E-state index in [-0.39, 0.29) is 5.69 Å². The van der Waals surface area contributed by atoms with E-state index in [1.807, 2.05) is 30.6 Å². The number of hydrogen-bond donors (Lipinski definition) is 1. The first-order valence-corrected chi connectivity index (χ1v) is 6.26. The van der Waals surface area contributed by atoms with E-state index in [1.165, 1.54) is 0 Å². The third-order valence-corrected chi connectivity index (χ3v) is 3.60. The summed E-state index contributed by atoms with van der Waals surface area (Å²) < 4.78 is 1.93. The lowest BCUT2D eigenvalue weighted by atomic mass is 10.1. The van der Waals surface area contributed by atoms with Gasteiger partial charge in [0.05, 0.1) is 5.69 Å². The first kappa shape index (κ1) is 12.2. The Balaban J connectivity index is 2.29. The molecule has 1 fully saturated rings. The van der Waals surface area contributed by atoms with Crippen LogP contribution in [0.2, 0.25) is 0 Å². The Morgan fingerprint density at radius 2 is 2.00 bits per heavy atom. The average Bonchev–Trinajstić information content (AvgIpc) is 2.57. The topological polar surface area (TPSA) is 41.0 Å². The van der Waals surface area contributed by atoms with Gasteiger partial charge in [-0.05, 0) is 52.9 Å². The van der Waals surface area contributed by atoms with E-state index < -0.39 is 0 Å². The summed E-state index contributed by atoms with van der Waals surface area (Å²) in [5.41, 5.74) is 2.03. The van der Waals surface area contributed by atoms with E-state index in [1.54, 1.807) is 0 Å². The van der Waals surface area contributed by atoms with Gasteiger partial charge < -0.3 is 9.88 Å². The average molecular weight is 235 g/mol. The fourth-order valence-corrected chi connectivity index (χ4v) is 2.57. The summed E-state index contributed by atoms with van der Waals surface area (Å²) in [6.07, 6.45) is 6.04. The van der Waals surface area contributed by atoms with Crippen molar-refractivity contribution in [3.05, 3.63) is 27.9 Å². The predicted octanol–water partition coefficient (Wildman–Crippen LogP) is 1.78. The molecule has 0 aromatic carbocycles. The molecule has 0 spiro atoms. The van der Waals surface area contributed by atoms with Crippen LogP contribution in [0.5, 0.6) is 0 Å². The third-order valence-electron chi connectivity index (χ3n) is 3.60. The van der Waals surface area contributed by atoms with Gasteiger partial charge in [0, 0.05) is 11.7 Å².